The molecular formula is C22H21NO4. The van der Waals surface area contributed by atoms with Crippen LogP contribution in [0.25, 0.3) is 10.9 Å². The normalized spacial score (nSPS) is 11.9. The van der Waals surface area contributed by atoms with Gasteiger partial charge < -0.3 is 9.84 Å². The molecule has 0 spiro atoms. The first-order valence-corrected chi connectivity index (χ1v) is 8.88. The molecule has 0 aliphatic heterocycles. The molecule has 1 heterocycles. The SMILES string of the molecule is CCC(=O)C(Cc1ccccc1OCc1cnc2ccccc2c1)C(=O)O. The lowest BCUT2D eigenvalue weighted by molar-refractivity contribution is -0.146. The van der Waals surface area contributed by atoms with E-state index in [4.69, 9.17) is 4.74 Å². The van der Waals surface area contributed by atoms with Crippen molar-refractivity contribution in [2.75, 3.05) is 0 Å². The summed E-state index contributed by atoms with van der Waals surface area (Å²) in [4.78, 5) is 27.8. The van der Waals surface area contributed by atoms with E-state index in [0.29, 0.717) is 17.9 Å². The number of Topliss-reactive ketones (excluding diaryl/α,β-unsaturated/α-hetero) is 1. The molecule has 3 aromatic rings. The fourth-order valence-electron chi connectivity index (χ4n) is 2.98. The van der Waals surface area contributed by atoms with E-state index >= 15 is 0 Å². The lowest BCUT2D eigenvalue weighted by atomic mass is 9.93. The number of nitrogens with zero attached hydrogens (tertiary/aromatic N) is 1. The van der Waals surface area contributed by atoms with Crippen LogP contribution in [-0.4, -0.2) is 21.8 Å². The second kappa shape index (κ2) is 8.45. The molecule has 5 nitrogen and oxygen atoms in total. The number of aliphatic carboxylic acids is 1. The van der Waals surface area contributed by atoms with Crippen molar-refractivity contribution >= 4 is 22.7 Å². The minimum atomic E-state index is -1.10. The summed E-state index contributed by atoms with van der Waals surface area (Å²) in [6, 6.07) is 17.1. The summed E-state index contributed by atoms with van der Waals surface area (Å²) < 4.78 is 5.92. The molecule has 3 rings (SSSR count). The Kier molecular flexibility index (Phi) is 5.81. The molecule has 27 heavy (non-hydrogen) atoms. The van der Waals surface area contributed by atoms with Gasteiger partial charge in [-0.2, -0.15) is 0 Å². The molecule has 1 N–H and O–H groups in total. The van der Waals surface area contributed by atoms with Gasteiger partial charge in [-0.3, -0.25) is 14.6 Å². The predicted molar refractivity (Wildman–Crippen MR) is 103 cm³/mol. The van der Waals surface area contributed by atoms with Crippen LogP contribution in [0.2, 0.25) is 0 Å². The summed E-state index contributed by atoms with van der Waals surface area (Å²) >= 11 is 0. The third-order valence-corrected chi connectivity index (χ3v) is 4.47. The van der Waals surface area contributed by atoms with Gasteiger partial charge in [0.25, 0.3) is 0 Å². The van der Waals surface area contributed by atoms with Crippen LogP contribution in [0.3, 0.4) is 0 Å². The highest BCUT2D eigenvalue weighted by molar-refractivity contribution is 5.98. The zero-order chi connectivity index (χ0) is 19.2. The third kappa shape index (κ3) is 4.50. The van der Waals surface area contributed by atoms with Crippen molar-refractivity contribution in [1.82, 2.24) is 4.98 Å². The van der Waals surface area contributed by atoms with E-state index in [9.17, 15) is 14.7 Å². The van der Waals surface area contributed by atoms with Crippen LogP contribution in [0, 0.1) is 5.92 Å². The van der Waals surface area contributed by atoms with Crippen LogP contribution >= 0.6 is 0 Å². The Morgan fingerprint density at radius 1 is 1.11 bits per heavy atom. The first kappa shape index (κ1) is 18.6. The van der Waals surface area contributed by atoms with E-state index in [-0.39, 0.29) is 18.6 Å². The van der Waals surface area contributed by atoms with E-state index in [2.05, 4.69) is 4.98 Å². The number of para-hydroxylation sites is 2. The second-order valence-electron chi connectivity index (χ2n) is 6.35. The molecule has 1 aromatic heterocycles. The zero-order valence-corrected chi connectivity index (χ0v) is 15.1. The van der Waals surface area contributed by atoms with Gasteiger partial charge in [-0.05, 0) is 30.2 Å². The van der Waals surface area contributed by atoms with E-state index < -0.39 is 11.9 Å². The van der Waals surface area contributed by atoms with E-state index in [1.807, 2.05) is 42.5 Å². The molecule has 0 bridgehead atoms. The van der Waals surface area contributed by atoms with Crippen molar-refractivity contribution in [2.24, 2.45) is 5.92 Å². The highest BCUT2D eigenvalue weighted by atomic mass is 16.5. The molecular weight excluding hydrogens is 342 g/mol. The minimum absolute atomic E-state index is 0.119. The summed E-state index contributed by atoms with van der Waals surface area (Å²) in [5.41, 5.74) is 2.55. The molecule has 1 atom stereocenters. The number of carboxylic acid groups (broad SMARTS) is 1. The number of carbonyl (C=O) groups is 2. The number of benzene rings is 2. The van der Waals surface area contributed by atoms with Gasteiger partial charge in [-0.1, -0.05) is 43.3 Å². The Hall–Kier alpha value is -3.21. The van der Waals surface area contributed by atoms with E-state index in [1.165, 1.54) is 0 Å². The molecule has 0 aliphatic carbocycles. The third-order valence-electron chi connectivity index (χ3n) is 4.47. The Labute approximate surface area is 157 Å². The number of hydrogen-bond donors (Lipinski definition) is 1. The van der Waals surface area contributed by atoms with Crippen LogP contribution in [0.1, 0.15) is 24.5 Å². The largest absolute Gasteiger partial charge is 0.489 e. The van der Waals surface area contributed by atoms with Gasteiger partial charge in [0.2, 0.25) is 0 Å². The van der Waals surface area contributed by atoms with Gasteiger partial charge in [0.05, 0.1) is 5.52 Å². The van der Waals surface area contributed by atoms with Crippen molar-refractivity contribution < 1.29 is 19.4 Å². The van der Waals surface area contributed by atoms with Gasteiger partial charge in [-0.15, -0.1) is 0 Å². The summed E-state index contributed by atoms with van der Waals surface area (Å²) in [7, 11) is 0. The van der Waals surface area contributed by atoms with Gasteiger partial charge in [-0.25, -0.2) is 0 Å². The monoisotopic (exact) mass is 363 g/mol. The second-order valence-corrected chi connectivity index (χ2v) is 6.35. The fraction of sp³-hybridized carbons (Fsp3) is 0.227. The fourth-order valence-corrected chi connectivity index (χ4v) is 2.98. The Morgan fingerprint density at radius 3 is 2.63 bits per heavy atom. The molecule has 0 saturated carbocycles. The number of ketones is 1. The highest BCUT2D eigenvalue weighted by Gasteiger charge is 2.26. The average molecular weight is 363 g/mol. The van der Waals surface area contributed by atoms with Gasteiger partial charge in [0.15, 0.2) is 0 Å². The number of rotatable bonds is 8. The molecule has 138 valence electrons. The summed E-state index contributed by atoms with van der Waals surface area (Å²) in [5, 5.41) is 10.4. The smallest absolute Gasteiger partial charge is 0.314 e. The predicted octanol–water partition coefficient (Wildman–Crippen LogP) is 4.04. The zero-order valence-electron chi connectivity index (χ0n) is 15.1. The maximum Gasteiger partial charge on any atom is 0.314 e. The van der Waals surface area contributed by atoms with Gasteiger partial charge >= 0.3 is 5.97 Å². The maximum absolute atomic E-state index is 11.9. The lowest BCUT2D eigenvalue weighted by Crippen LogP contribution is -2.25. The summed E-state index contributed by atoms with van der Waals surface area (Å²) in [6.07, 6.45) is 2.09. The van der Waals surface area contributed by atoms with Crippen molar-refractivity contribution in [3.05, 3.63) is 71.9 Å². The Morgan fingerprint density at radius 2 is 1.85 bits per heavy atom. The summed E-state index contributed by atoms with van der Waals surface area (Å²) in [6.45, 7) is 1.99. The van der Waals surface area contributed by atoms with Crippen molar-refractivity contribution in [3.63, 3.8) is 0 Å². The van der Waals surface area contributed by atoms with Gasteiger partial charge in [0, 0.05) is 23.6 Å². The van der Waals surface area contributed by atoms with Crippen LogP contribution in [-0.2, 0) is 22.6 Å². The minimum Gasteiger partial charge on any atom is -0.489 e. The van der Waals surface area contributed by atoms with Crippen molar-refractivity contribution in [2.45, 2.75) is 26.4 Å². The molecule has 2 aromatic carbocycles. The van der Waals surface area contributed by atoms with Gasteiger partial charge in [0.1, 0.15) is 24.1 Å². The number of carbonyl (C=O) groups excluding carboxylic acids is 1. The Balaban J connectivity index is 1.77. The maximum atomic E-state index is 11.9. The van der Waals surface area contributed by atoms with Crippen LogP contribution < -0.4 is 4.74 Å². The number of hydrogen-bond acceptors (Lipinski definition) is 4. The highest BCUT2D eigenvalue weighted by Crippen LogP contribution is 2.24. The molecule has 1 unspecified atom stereocenters. The topological polar surface area (TPSA) is 76.5 Å². The van der Waals surface area contributed by atoms with Crippen LogP contribution in [0.5, 0.6) is 5.75 Å². The molecule has 0 fully saturated rings. The van der Waals surface area contributed by atoms with E-state index in [1.54, 1.807) is 25.3 Å². The Bertz CT molecular complexity index is 967. The molecule has 0 aliphatic rings. The summed E-state index contributed by atoms with van der Waals surface area (Å²) in [5.74, 6) is -1.85. The quantitative estimate of drug-likeness (QED) is 0.611. The first-order valence-electron chi connectivity index (χ1n) is 8.88. The molecule has 5 heteroatoms. The average Bonchev–Trinajstić information content (AvgIpc) is 2.70. The number of fused-ring (bicyclic) bond motifs is 1. The standard InChI is InChI=1S/C22H21NO4/c1-2-20(24)18(22(25)26)12-17-8-4-6-10-21(17)27-14-15-11-16-7-3-5-9-19(16)23-13-15/h3-11,13,18H,2,12,14H2,1H3,(H,25,26). The van der Waals surface area contributed by atoms with Crippen molar-refractivity contribution in [3.8, 4) is 5.75 Å². The number of aromatic nitrogens is 1. The van der Waals surface area contributed by atoms with Crippen LogP contribution in [0.15, 0.2) is 60.8 Å². The molecule has 0 amide bonds. The lowest BCUT2D eigenvalue weighted by Gasteiger charge is -2.15. The number of ether oxygens (including phenoxy) is 1. The molecule has 0 saturated heterocycles. The van der Waals surface area contributed by atoms with Crippen LogP contribution in [0.4, 0.5) is 0 Å². The first-order chi connectivity index (χ1) is 13.1. The molecule has 0 radical (unpaired) electrons. The number of pyridine rings is 1. The van der Waals surface area contributed by atoms with Crippen molar-refractivity contribution in [1.29, 1.82) is 0 Å². The number of carboxylic acids is 1. The van der Waals surface area contributed by atoms with E-state index in [0.717, 1.165) is 16.5 Å².